The van der Waals surface area contributed by atoms with Crippen LogP contribution < -0.4 is 5.32 Å². The number of rotatable bonds is 5. The molecule has 0 fully saturated rings. The summed E-state index contributed by atoms with van der Waals surface area (Å²) in [5.74, 6) is 0. The Morgan fingerprint density at radius 3 is 1.79 bits per heavy atom. The lowest BCUT2D eigenvalue weighted by Gasteiger charge is -2.09. The van der Waals surface area contributed by atoms with E-state index in [1.807, 2.05) is 27.9 Å². The molecule has 0 aromatic heterocycles. The fraction of sp³-hybridized carbons (Fsp3) is 1.00. The van der Waals surface area contributed by atoms with Crippen LogP contribution in [0.4, 0.5) is 0 Å². The van der Waals surface area contributed by atoms with Crippen molar-refractivity contribution in [3.63, 3.8) is 0 Å². The van der Waals surface area contributed by atoms with Crippen LogP contribution >= 0.6 is 0 Å². The Morgan fingerprint density at radius 1 is 1.21 bits per heavy atom. The summed E-state index contributed by atoms with van der Waals surface area (Å²) < 4.78 is 0. The van der Waals surface area contributed by atoms with Crippen molar-refractivity contribution < 1.29 is 10.2 Å². The number of aliphatic hydroxyl groups excluding tert-OH is 2. The normalized spacial score (nSPS) is 12.6. The zero-order valence-electron chi connectivity index (χ0n) is 10.1. The van der Waals surface area contributed by atoms with Crippen molar-refractivity contribution in [3.05, 3.63) is 0 Å². The first-order chi connectivity index (χ1) is 6.40. The number of aliphatic hydroxyl groups is 2. The molecule has 0 amide bonds. The van der Waals surface area contributed by atoms with Crippen LogP contribution in [0, 0.1) is 0 Å². The Hall–Kier alpha value is -0.160. The average molecular weight is 206 g/mol. The number of nitrogens with one attached hydrogen (secondary N) is 1. The Balaban J connectivity index is 0. The maximum atomic E-state index is 8.61. The van der Waals surface area contributed by atoms with E-state index < -0.39 is 0 Å². The SMILES string of the molecule is CC(C)NC(C)O.CN(C)CCCO. The molecule has 0 saturated heterocycles. The number of nitrogens with zero attached hydrogens (tertiary/aromatic N) is 1. The van der Waals surface area contributed by atoms with Gasteiger partial charge in [-0.05, 0) is 47.8 Å². The van der Waals surface area contributed by atoms with E-state index >= 15 is 0 Å². The maximum Gasteiger partial charge on any atom is 0.102 e. The molecule has 0 spiro atoms. The molecular formula is C10H26N2O2. The third-order valence-electron chi connectivity index (χ3n) is 1.34. The summed E-state index contributed by atoms with van der Waals surface area (Å²) in [6, 6.07) is 0.375. The minimum Gasteiger partial charge on any atom is -0.396 e. The molecule has 0 aromatic rings. The van der Waals surface area contributed by atoms with Crippen LogP contribution in [0.3, 0.4) is 0 Å². The van der Waals surface area contributed by atoms with Crippen LogP contribution in [0.25, 0.3) is 0 Å². The standard InChI is InChI=1S/2C5H13NO/c1-6(2)4-3-5-7;1-4(2)6-5(3)7/h7H,3-5H2,1-2H3;4-7H,1-3H3. The van der Waals surface area contributed by atoms with E-state index in [4.69, 9.17) is 10.2 Å². The summed E-state index contributed by atoms with van der Waals surface area (Å²) in [5.41, 5.74) is 0. The second-order valence-corrected chi connectivity index (χ2v) is 3.88. The lowest BCUT2D eigenvalue weighted by Crippen LogP contribution is -2.31. The highest BCUT2D eigenvalue weighted by Crippen LogP contribution is 1.78. The fourth-order valence-electron chi connectivity index (χ4n) is 0.869. The van der Waals surface area contributed by atoms with Gasteiger partial charge in [0.1, 0.15) is 6.23 Å². The number of hydrogen-bond acceptors (Lipinski definition) is 4. The molecule has 0 aliphatic carbocycles. The number of hydrogen-bond donors (Lipinski definition) is 3. The molecular weight excluding hydrogens is 180 g/mol. The van der Waals surface area contributed by atoms with Gasteiger partial charge in [-0.1, -0.05) is 0 Å². The Labute approximate surface area is 87.9 Å². The molecule has 88 valence electrons. The zero-order valence-corrected chi connectivity index (χ0v) is 10.1. The lowest BCUT2D eigenvalue weighted by molar-refractivity contribution is 0.146. The first-order valence-corrected chi connectivity index (χ1v) is 5.09. The molecule has 4 nitrogen and oxygen atoms in total. The van der Waals surface area contributed by atoms with Crippen LogP contribution in [0.5, 0.6) is 0 Å². The van der Waals surface area contributed by atoms with Gasteiger partial charge in [-0.25, -0.2) is 0 Å². The zero-order chi connectivity index (χ0) is 11.6. The van der Waals surface area contributed by atoms with Gasteiger partial charge in [0.15, 0.2) is 0 Å². The highest BCUT2D eigenvalue weighted by Gasteiger charge is 1.93. The average Bonchev–Trinajstić information content (AvgIpc) is 1.99. The third kappa shape index (κ3) is 22.6. The van der Waals surface area contributed by atoms with E-state index in [0.717, 1.165) is 13.0 Å². The molecule has 4 heteroatoms. The topological polar surface area (TPSA) is 55.7 Å². The molecule has 0 aliphatic heterocycles. The smallest absolute Gasteiger partial charge is 0.102 e. The molecule has 1 atom stereocenters. The summed E-state index contributed by atoms with van der Waals surface area (Å²) in [5, 5.41) is 19.8. The molecule has 14 heavy (non-hydrogen) atoms. The monoisotopic (exact) mass is 206 g/mol. The van der Waals surface area contributed by atoms with E-state index in [9.17, 15) is 0 Å². The van der Waals surface area contributed by atoms with Crippen molar-refractivity contribution in [3.8, 4) is 0 Å². The van der Waals surface area contributed by atoms with Gasteiger partial charge in [0.05, 0.1) is 0 Å². The molecule has 0 aliphatic rings. The van der Waals surface area contributed by atoms with Crippen molar-refractivity contribution in [2.24, 2.45) is 0 Å². The van der Waals surface area contributed by atoms with Crippen LogP contribution in [0.1, 0.15) is 27.2 Å². The van der Waals surface area contributed by atoms with Crippen molar-refractivity contribution in [1.82, 2.24) is 10.2 Å². The Morgan fingerprint density at radius 2 is 1.71 bits per heavy atom. The van der Waals surface area contributed by atoms with Gasteiger partial charge in [0.2, 0.25) is 0 Å². The summed E-state index contributed by atoms with van der Waals surface area (Å²) in [4.78, 5) is 2.05. The van der Waals surface area contributed by atoms with Gasteiger partial charge < -0.3 is 15.1 Å². The van der Waals surface area contributed by atoms with Crippen LogP contribution in [-0.2, 0) is 0 Å². The second kappa shape index (κ2) is 10.9. The van der Waals surface area contributed by atoms with Crippen molar-refractivity contribution >= 4 is 0 Å². The molecule has 0 saturated carbocycles. The molecule has 0 aromatic carbocycles. The first-order valence-electron chi connectivity index (χ1n) is 5.09. The van der Waals surface area contributed by atoms with E-state index in [1.165, 1.54) is 0 Å². The Kier molecular flexibility index (Phi) is 12.7. The van der Waals surface area contributed by atoms with Crippen LogP contribution in [0.15, 0.2) is 0 Å². The summed E-state index contributed by atoms with van der Waals surface area (Å²) in [7, 11) is 3.99. The minimum absolute atomic E-state index is 0.304. The molecule has 3 N–H and O–H groups in total. The summed E-state index contributed by atoms with van der Waals surface area (Å²) in [6.07, 6.45) is 0.507. The molecule has 0 heterocycles. The highest BCUT2D eigenvalue weighted by atomic mass is 16.3. The van der Waals surface area contributed by atoms with Crippen LogP contribution in [-0.4, -0.2) is 54.6 Å². The summed E-state index contributed by atoms with van der Waals surface area (Å²) >= 11 is 0. The predicted molar refractivity (Wildman–Crippen MR) is 60.2 cm³/mol. The molecule has 1 unspecified atom stereocenters. The van der Waals surface area contributed by atoms with Gasteiger partial charge >= 0.3 is 0 Å². The highest BCUT2D eigenvalue weighted by molar-refractivity contribution is 4.50. The van der Waals surface area contributed by atoms with E-state index in [-0.39, 0.29) is 6.23 Å². The van der Waals surface area contributed by atoms with E-state index in [1.54, 1.807) is 6.92 Å². The van der Waals surface area contributed by atoms with E-state index in [2.05, 4.69) is 10.2 Å². The maximum absolute atomic E-state index is 8.61. The third-order valence-corrected chi connectivity index (χ3v) is 1.34. The van der Waals surface area contributed by atoms with Crippen LogP contribution in [0.2, 0.25) is 0 Å². The van der Waals surface area contributed by atoms with Gasteiger partial charge in [-0.3, -0.25) is 5.32 Å². The van der Waals surface area contributed by atoms with Gasteiger partial charge in [0.25, 0.3) is 0 Å². The van der Waals surface area contributed by atoms with Gasteiger partial charge in [-0.15, -0.1) is 0 Å². The minimum atomic E-state index is -0.375. The van der Waals surface area contributed by atoms with Crippen molar-refractivity contribution in [2.75, 3.05) is 27.2 Å². The van der Waals surface area contributed by atoms with Gasteiger partial charge in [-0.2, -0.15) is 0 Å². The van der Waals surface area contributed by atoms with Gasteiger partial charge in [0, 0.05) is 12.6 Å². The second-order valence-electron chi connectivity index (χ2n) is 3.88. The first kappa shape index (κ1) is 16.3. The molecule has 0 rings (SSSR count). The quantitative estimate of drug-likeness (QED) is 0.565. The lowest BCUT2D eigenvalue weighted by atomic mass is 10.4. The van der Waals surface area contributed by atoms with Crippen molar-refractivity contribution in [2.45, 2.75) is 39.5 Å². The molecule has 0 bridgehead atoms. The molecule has 0 radical (unpaired) electrons. The largest absolute Gasteiger partial charge is 0.396 e. The van der Waals surface area contributed by atoms with E-state index in [0.29, 0.717) is 12.6 Å². The predicted octanol–water partition coefficient (Wildman–Crippen LogP) is 0.253. The summed E-state index contributed by atoms with van der Waals surface area (Å²) in [6.45, 7) is 6.98. The fourth-order valence-corrected chi connectivity index (χ4v) is 0.869. The Bertz CT molecular complexity index is 100. The van der Waals surface area contributed by atoms with Crippen molar-refractivity contribution in [1.29, 1.82) is 0 Å².